The van der Waals surface area contributed by atoms with E-state index in [0.29, 0.717) is 12.5 Å². The molecular weight excluding hydrogens is 184 g/mol. The smallest absolute Gasteiger partial charge is 0.348 e. The zero-order valence-electron chi connectivity index (χ0n) is 7.84. The van der Waals surface area contributed by atoms with Gasteiger partial charge in [-0.1, -0.05) is 6.92 Å². The van der Waals surface area contributed by atoms with Crippen LogP contribution in [0.4, 0.5) is 4.79 Å². The van der Waals surface area contributed by atoms with Gasteiger partial charge in [-0.05, 0) is 6.42 Å². The first kappa shape index (κ1) is 8.79. The molecule has 0 radical (unpaired) electrons. The lowest BCUT2D eigenvalue weighted by atomic mass is 10.4. The summed E-state index contributed by atoms with van der Waals surface area (Å²) in [7, 11) is 0. The molecule has 0 spiro atoms. The van der Waals surface area contributed by atoms with Crippen LogP contribution in [0.3, 0.4) is 0 Å². The molecule has 0 saturated heterocycles. The van der Waals surface area contributed by atoms with Gasteiger partial charge in [0.25, 0.3) is 0 Å². The van der Waals surface area contributed by atoms with Crippen LogP contribution in [0.15, 0.2) is 9.98 Å². The first-order chi connectivity index (χ1) is 6.72. The third kappa shape index (κ3) is 1.26. The minimum Gasteiger partial charge on any atom is -0.368 e. The highest BCUT2D eigenvalue weighted by molar-refractivity contribution is 5.89. The minimum absolute atomic E-state index is 0.270. The van der Waals surface area contributed by atoms with Crippen molar-refractivity contribution in [3.8, 4) is 0 Å². The lowest BCUT2D eigenvalue weighted by Gasteiger charge is -2.32. The standard InChI is InChI=1S/C7H12N6O/c1-2-3-12-6-10-5(8)11-13(6)4-9-7(12)14/h4,6H,2-3H2,1H3,(H3,8,10,11). The first-order valence-electron chi connectivity index (χ1n) is 4.45. The van der Waals surface area contributed by atoms with Gasteiger partial charge in [-0.25, -0.2) is 14.8 Å². The zero-order chi connectivity index (χ0) is 10.1. The van der Waals surface area contributed by atoms with Gasteiger partial charge >= 0.3 is 6.03 Å². The van der Waals surface area contributed by atoms with Crippen LogP contribution >= 0.6 is 0 Å². The Labute approximate surface area is 81.2 Å². The molecule has 0 saturated carbocycles. The maximum absolute atomic E-state index is 11.4. The number of nitrogens with two attached hydrogens (primary N) is 1. The number of fused-ring (bicyclic) bond motifs is 1. The van der Waals surface area contributed by atoms with Crippen molar-refractivity contribution in [2.24, 2.45) is 15.7 Å². The van der Waals surface area contributed by atoms with E-state index < -0.39 is 0 Å². The van der Waals surface area contributed by atoms with Crippen molar-refractivity contribution in [2.75, 3.05) is 6.54 Å². The lowest BCUT2D eigenvalue weighted by molar-refractivity contribution is 0.115. The van der Waals surface area contributed by atoms with Crippen LogP contribution in [0.25, 0.3) is 0 Å². The SMILES string of the molecule is CCCN1C(=O)N=CN2NC(N)=NC21. The van der Waals surface area contributed by atoms with Gasteiger partial charge in [0.05, 0.1) is 0 Å². The van der Waals surface area contributed by atoms with Crippen molar-refractivity contribution in [3.63, 3.8) is 0 Å². The van der Waals surface area contributed by atoms with E-state index in [2.05, 4.69) is 15.4 Å². The Morgan fingerprint density at radius 2 is 2.50 bits per heavy atom. The molecule has 0 aromatic heterocycles. The Kier molecular flexibility index (Phi) is 1.99. The zero-order valence-corrected chi connectivity index (χ0v) is 7.84. The molecule has 7 nitrogen and oxygen atoms in total. The summed E-state index contributed by atoms with van der Waals surface area (Å²) in [6.45, 7) is 2.61. The predicted octanol–water partition coefficient (Wildman–Crippen LogP) is -0.721. The van der Waals surface area contributed by atoms with E-state index in [1.807, 2.05) is 6.92 Å². The highest BCUT2D eigenvalue weighted by atomic mass is 16.2. The van der Waals surface area contributed by atoms with E-state index in [-0.39, 0.29) is 12.3 Å². The Morgan fingerprint density at radius 3 is 3.21 bits per heavy atom. The van der Waals surface area contributed by atoms with E-state index >= 15 is 0 Å². The summed E-state index contributed by atoms with van der Waals surface area (Å²) >= 11 is 0. The number of nitrogens with zero attached hydrogens (tertiary/aromatic N) is 4. The molecule has 2 aliphatic heterocycles. The second kappa shape index (κ2) is 3.17. The topological polar surface area (TPSA) is 86.3 Å². The normalized spacial score (nSPS) is 24.8. The Hall–Kier alpha value is -1.79. The monoisotopic (exact) mass is 196 g/mol. The fourth-order valence-corrected chi connectivity index (χ4v) is 1.45. The van der Waals surface area contributed by atoms with E-state index in [0.717, 1.165) is 6.42 Å². The van der Waals surface area contributed by atoms with Gasteiger partial charge in [0.15, 0.2) is 0 Å². The largest absolute Gasteiger partial charge is 0.368 e. The van der Waals surface area contributed by atoms with Crippen molar-refractivity contribution in [2.45, 2.75) is 19.6 Å². The van der Waals surface area contributed by atoms with Gasteiger partial charge in [0.1, 0.15) is 6.34 Å². The molecule has 3 N–H and O–H groups in total. The second-order valence-electron chi connectivity index (χ2n) is 3.10. The summed E-state index contributed by atoms with van der Waals surface area (Å²) in [5, 5.41) is 1.60. The van der Waals surface area contributed by atoms with Crippen molar-refractivity contribution in [3.05, 3.63) is 0 Å². The summed E-state index contributed by atoms with van der Waals surface area (Å²) in [4.78, 5) is 20.7. The molecule has 2 aliphatic rings. The molecule has 2 heterocycles. The van der Waals surface area contributed by atoms with Crippen molar-refractivity contribution in [1.82, 2.24) is 15.3 Å². The number of carbonyl (C=O) groups is 1. The van der Waals surface area contributed by atoms with Crippen LogP contribution < -0.4 is 11.2 Å². The maximum atomic E-state index is 11.4. The van der Waals surface area contributed by atoms with Crippen molar-refractivity contribution >= 4 is 18.3 Å². The number of carbonyl (C=O) groups excluding carboxylic acids is 1. The molecule has 0 aliphatic carbocycles. The van der Waals surface area contributed by atoms with Gasteiger partial charge in [-0.3, -0.25) is 10.3 Å². The summed E-state index contributed by atoms with van der Waals surface area (Å²) in [5.74, 6) is 0.303. The van der Waals surface area contributed by atoms with Crippen LogP contribution in [0.2, 0.25) is 0 Å². The second-order valence-corrected chi connectivity index (χ2v) is 3.10. The third-order valence-corrected chi connectivity index (χ3v) is 2.03. The molecule has 0 fully saturated rings. The number of hydrogen-bond donors (Lipinski definition) is 2. The minimum atomic E-state index is -0.375. The van der Waals surface area contributed by atoms with E-state index in [4.69, 9.17) is 5.73 Å². The molecule has 2 rings (SSSR count). The van der Waals surface area contributed by atoms with Crippen LogP contribution in [0.5, 0.6) is 0 Å². The molecule has 0 bridgehead atoms. The average molecular weight is 196 g/mol. The molecule has 1 unspecified atom stereocenters. The van der Waals surface area contributed by atoms with E-state index in [1.165, 1.54) is 6.34 Å². The van der Waals surface area contributed by atoms with Crippen molar-refractivity contribution < 1.29 is 4.79 Å². The van der Waals surface area contributed by atoms with Gasteiger partial charge in [-0.15, -0.1) is 0 Å². The number of nitrogens with one attached hydrogen (secondary N) is 1. The first-order valence-corrected chi connectivity index (χ1v) is 4.45. The molecule has 1 atom stereocenters. The summed E-state index contributed by atoms with van der Waals surface area (Å²) in [5.41, 5.74) is 8.28. The Balaban J connectivity index is 2.22. The third-order valence-electron chi connectivity index (χ3n) is 2.03. The van der Waals surface area contributed by atoms with E-state index in [1.54, 1.807) is 9.91 Å². The highest BCUT2D eigenvalue weighted by Crippen LogP contribution is 2.14. The van der Waals surface area contributed by atoms with Gasteiger partial charge < -0.3 is 5.73 Å². The highest BCUT2D eigenvalue weighted by Gasteiger charge is 2.34. The quantitative estimate of drug-likeness (QED) is 0.610. The van der Waals surface area contributed by atoms with Crippen LogP contribution in [0.1, 0.15) is 13.3 Å². The predicted molar refractivity (Wildman–Crippen MR) is 51.3 cm³/mol. The molecule has 0 aromatic carbocycles. The summed E-state index contributed by atoms with van der Waals surface area (Å²) in [6.07, 6.45) is 1.89. The van der Waals surface area contributed by atoms with Crippen molar-refractivity contribution in [1.29, 1.82) is 0 Å². The van der Waals surface area contributed by atoms with E-state index in [9.17, 15) is 4.79 Å². The molecule has 76 valence electrons. The average Bonchev–Trinajstić information content (AvgIpc) is 2.51. The Bertz CT molecular complexity index is 311. The van der Waals surface area contributed by atoms with Crippen LogP contribution in [0, 0.1) is 0 Å². The van der Waals surface area contributed by atoms with Gasteiger partial charge in [-0.2, -0.15) is 4.99 Å². The number of guanidine groups is 1. The van der Waals surface area contributed by atoms with Crippen LogP contribution in [-0.4, -0.2) is 41.1 Å². The molecule has 0 aromatic rings. The fourth-order valence-electron chi connectivity index (χ4n) is 1.45. The number of rotatable bonds is 2. The molecule has 14 heavy (non-hydrogen) atoms. The maximum Gasteiger partial charge on any atom is 0.348 e. The molecule has 7 heteroatoms. The number of hydrazine groups is 1. The Morgan fingerprint density at radius 1 is 1.71 bits per heavy atom. The van der Waals surface area contributed by atoms with Gasteiger partial charge in [0.2, 0.25) is 12.2 Å². The fraction of sp³-hybridized carbons (Fsp3) is 0.571. The summed E-state index contributed by atoms with van der Waals surface area (Å²) < 4.78 is 0. The number of amides is 2. The number of urea groups is 1. The van der Waals surface area contributed by atoms with Gasteiger partial charge in [0, 0.05) is 6.54 Å². The molecule has 2 amide bonds. The number of hydrogen-bond acceptors (Lipinski definition) is 5. The summed E-state index contributed by atoms with van der Waals surface area (Å²) in [6, 6.07) is -0.270. The van der Waals surface area contributed by atoms with Crippen LogP contribution in [-0.2, 0) is 0 Å². The molecular formula is C7H12N6O. The number of aliphatic imine (C=N–C) groups is 2. The lowest BCUT2D eigenvalue weighted by Crippen LogP contribution is -2.54.